The zero-order chi connectivity index (χ0) is 18.4. The molecule has 25 heavy (non-hydrogen) atoms. The molecule has 0 bridgehead atoms. The quantitative estimate of drug-likeness (QED) is 0.636. The zero-order valence-corrected chi connectivity index (χ0v) is 15.2. The second-order valence-corrected chi connectivity index (χ2v) is 7.47. The fraction of sp³-hybridized carbons (Fsp3) is 0.579. The van der Waals surface area contributed by atoms with Crippen molar-refractivity contribution in [3.05, 3.63) is 36.2 Å². The Morgan fingerprint density at radius 3 is 2.76 bits per heavy atom. The minimum atomic E-state index is -0.923. The lowest BCUT2D eigenvalue weighted by molar-refractivity contribution is -0.135. The van der Waals surface area contributed by atoms with Gasteiger partial charge in [-0.1, -0.05) is 25.5 Å². The van der Waals surface area contributed by atoms with E-state index in [0.717, 1.165) is 24.8 Å². The second-order valence-electron chi connectivity index (χ2n) is 7.47. The number of rotatable bonds is 5. The summed E-state index contributed by atoms with van der Waals surface area (Å²) in [6.45, 7) is 8.12. The molecule has 2 heterocycles. The Morgan fingerprint density at radius 1 is 1.48 bits per heavy atom. The number of β-amino-alcohol motifs (C(OH)–C–C–N with tert-alkyl or cyclic N) is 1. The van der Waals surface area contributed by atoms with Gasteiger partial charge in [-0.3, -0.25) is 9.69 Å². The predicted octanol–water partition coefficient (Wildman–Crippen LogP) is 2.69. The largest absolute Gasteiger partial charge is 0.385 e. The number of carbonyl (C=O) groups is 2. The van der Waals surface area contributed by atoms with Gasteiger partial charge in [0.25, 0.3) is 5.91 Å². The number of aromatic amines is 1. The predicted molar refractivity (Wildman–Crippen MR) is 94.7 cm³/mol. The van der Waals surface area contributed by atoms with Crippen LogP contribution in [0.25, 0.3) is 0 Å². The summed E-state index contributed by atoms with van der Waals surface area (Å²) in [7, 11) is 1.67. The summed E-state index contributed by atoms with van der Waals surface area (Å²) >= 11 is 0. The fourth-order valence-corrected chi connectivity index (χ4v) is 4.28. The maximum absolute atomic E-state index is 13.2. The van der Waals surface area contributed by atoms with E-state index in [9.17, 15) is 14.7 Å². The first-order valence-electron chi connectivity index (χ1n) is 8.89. The van der Waals surface area contributed by atoms with Crippen molar-refractivity contribution in [3.8, 4) is 0 Å². The molecule has 2 N–H and O–H groups in total. The Bertz CT molecular complexity index is 684. The Hall–Kier alpha value is -2.08. The molecule has 3 amide bonds. The molecule has 4 atom stereocenters. The van der Waals surface area contributed by atoms with Crippen molar-refractivity contribution < 1.29 is 14.7 Å². The molecule has 1 saturated carbocycles. The van der Waals surface area contributed by atoms with Crippen LogP contribution in [0.1, 0.15) is 44.9 Å². The highest BCUT2D eigenvalue weighted by Crippen LogP contribution is 2.47. The Balaban J connectivity index is 1.84. The number of nitrogens with one attached hydrogen (secondary N) is 1. The van der Waals surface area contributed by atoms with E-state index in [1.807, 2.05) is 6.92 Å². The van der Waals surface area contributed by atoms with Gasteiger partial charge in [-0.2, -0.15) is 0 Å². The maximum Gasteiger partial charge on any atom is 0.327 e. The summed E-state index contributed by atoms with van der Waals surface area (Å²) in [5.41, 5.74) is 0.718. The van der Waals surface area contributed by atoms with Crippen LogP contribution in [-0.4, -0.2) is 51.0 Å². The van der Waals surface area contributed by atoms with Crippen molar-refractivity contribution in [1.82, 2.24) is 14.8 Å². The lowest BCUT2D eigenvalue weighted by Gasteiger charge is -2.35. The molecule has 136 valence electrons. The summed E-state index contributed by atoms with van der Waals surface area (Å²) < 4.78 is 0. The summed E-state index contributed by atoms with van der Waals surface area (Å²) in [5.74, 6) is 0.240. The summed E-state index contributed by atoms with van der Waals surface area (Å²) in [6.07, 6.45) is 3.62. The first kappa shape index (κ1) is 17.7. The second kappa shape index (κ2) is 6.33. The van der Waals surface area contributed by atoms with Gasteiger partial charge in [0.15, 0.2) is 0 Å². The number of nitrogens with zero attached hydrogens (tertiary/aromatic N) is 2. The van der Waals surface area contributed by atoms with E-state index in [1.54, 1.807) is 25.4 Å². The lowest BCUT2D eigenvalue weighted by Crippen LogP contribution is -2.51. The van der Waals surface area contributed by atoms with Crippen LogP contribution in [0, 0.1) is 11.8 Å². The Labute approximate surface area is 148 Å². The van der Waals surface area contributed by atoms with E-state index < -0.39 is 11.6 Å². The summed E-state index contributed by atoms with van der Waals surface area (Å²) in [5, 5.41) is 10.3. The normalized spacial score (nSPS) is 31.3. The Kier molecular flexibility index (Phi) is 4.49. The number of aromatic nitrogens is 1. The van der Waals surface area contributed by atoms with E-state index in [1.165, 1.54) is 9.80 Å². The van der Waals surface area contributed by atoms with E-state index in [-0.39, 0.29) is 24.4 Å². The number of aliphatic hydroxyl groups is 1. The summed E-state index contributed by atoms with van der Waals surface area (Å²) in [6, 6.07) is 3.16. The highest BCUT2D eigenvalue weighted by molar-refractivity contribution is 6.07. The molecule has 6 heteroatoms. The number of urea groups is 1. The highest BCUT2D eigenvalue weighted by Gasteiger charge is 2.58. The van der Waals surface area contributed by atoms with Crippen molar-refractivity contribution in [2.45, 2.75) is 44.8 Å². The van der Waals surface area contributed by atoms with Gasteiger partial charge in [0.05, 0.1) is 6.54 Å². The van der Waals surface area contributed by atoms with E-state index >= 15 is 0 Å². The molecule has 1 aromatic heterocycles. The van der Waals surface area contributed by atoms with Crippen LogP contribution < -0.4 is 0 Å². The number of imide groups is 1. The molecule has 2 fully saturated rings. The highest BCUT2D eigenvalue weighted by atomic mass is 16.3. The molecule has 0 aromatic carbocycles. The van der Waals surface area contributed by atoms with Gasteiger partial charge >= 0.3 is 6.03 Å². The Morgan fingerprint density at radius 2 is 2.20 bits per heavy atom. The van der Waals surface area contributed by atoms with E-state index in [4.69, 9.17) is 0 Å². The van der Waals surface area contributed by atoms with Gasteiger partial charge in [0.2, 0.25) is 0 Å². The standard InChI is InChI=1S/C19H27N3O3/c1-5-13-9-12(2)14(10-13)19(3)17(24)22(18(25)21(19)4)11-16(23)15-7-6-8-20-15/h6-8,13-14,16,20,23H,2,5,9-11H2,1,3-4H3/t13-,14?,16?,19?/m0/s1. The van der Waals surface area contributed by atoms with Gasteiger partial charge in [0.1, 0.15) is 11.6 Å². The smallest absolute Gasteiger partial charge is 0.327 e. The van der Waals surface area contributed by atoms with Gasteiger partial charge in [-0.05, 0) is 37.8 Å². The van der Waals surface area contributed by atoms with Crippen molar-refractivity contribution in [1.29, 1.82) is 0 Å². The van der Waals surface area contributed by atoms with Crippen molar-refractivity contribution in [2.24, 2.45) is 11.8 Å². The number of carbonyl (C=O) groups excluding carboxylic acids is 2. The molecule has 1 aliphatic heterocycles. The number of H-pyrrole nitrogens is 1. The first-order valence-corrected chi connectivity index (χ1v) is 8.89. The number of aliphatic hydroxyl groups excluding tert-OH is 1. The number of amides is 3. The number of hydrogen-bond donors (Lipinski definition) is 2. The molecule has 3 rings (SSSR count). The third-order valence-electron chi connectivity index (χ3n) is 6.10. The molecule has 6 nitrogen and oxygen atoms in total. The van der Waals surface area contributed by atoms with Crippen LogP contribution in [0.4, 0.5) is 4.79 Å². The van der Waals surface area contributed by atoms with Gasteiger partial charge in [0, 0.05) is 24.9 Å². The van der Waals surface area contributed by atoms with Crippen molar-refractivity contribution >= 4 is 11.9 Å². The van der Waals surface area contributed by atoms with Crippen molar-refractivity contribution in [3.63, 3.8) is 0 Å². The van der Waals surface area contributed by atoms with E-state index in [0.29, 0.717) is 11.6 Å². The van der Waals surface area contributed by atoms with Crippen LogP contribution in [0.3, 0.4) is 0 Å². The minimum Gasteiger partial charge on any atom is -0.385 e. The topological polar surface area (TPSA) is 76.6 Å². The number of likely N-dealkylation sites (N-methyl/N-ethyl adjacent to an activating group) is 1. The average Bonchev–Trinajstić information content (AvgIpc) is 3.29. The van der Waals surface area contributed by atoms with Crippen LogP contribution in [-0.2, 0) is 4.79 Å². The van der Waals surface area contributed by atoms with Crippen LogP contribution in [0.15, 0.2) is 30.5 Å². The lowest BCUT2D eigenvalue weighted by atomic mass is 9.80. The fourth-order valence-electron chi connectivity index (χ4n) is 4.28. The van der Waals surface area contributed by atoms with Crippen LogP contribution >= 0.6 is 0 Å². The van der Waals surface area contributed by atoms with Gasteiger partial charge < -0.3 is 15.0 Å². The molecular weight excluding hydrogens is 318 g/mol. The van der Waals surface area contributed by atoms with Crippen LogP contribution in [0.2, 0.25) is 0 Å². The molecule has 2 aliphatic rings. The zero-order valence-electron chi connectivity index (χ0n) is 15.2. The van der Waals surface area contributed by atoms with Crippen LogP contribution in [0.5, 0.6) is 0 Å². The van der Waals surface area contributed by atoms with E-state index in [2.05, 4.69) is 18.5 Å². The molecule has 1 aliphatic carbocycles. The van der Waals surface area contributed by atoms with Gasteiger partial charge in [-0.15, -0.1) is 0 Å². The maximum atomic E-state index is 13.2. The molecular formula is C19H27N3O3. The SMILES string of the molecule is C=C1C[C@H](CC)CC1C1(C)C(=O)N(CC(O)c2ccc[nH]2)C(=O)N1C. The molecule has 1 saturated heterocycles. The number of hydrogen-bond acceptors (Lipinski definition) is 3. The molecule has 3 unspecified atom stereocenters. The average molecular weight is 345 g/mol. The molecule has 1 aromatic rings. The monoisotopic (exact) mass is 345 g/mol. The molecule has 0 radical (unpaired) electrons. The molecule has 0 spiro atoms. The third kappa shape index (κ3) is 2.68. The van der Waals surface area contributed by atoms with Gasteiger partial charge in [-0.25, -0.2) is 4.79 Å². The first-order chi connectivity index (χ1) is 11.8. The third-order valence-corrected chi connectivity index (χ3v) is 6.10. The summed E-state index contributed by atoms with van der Waals surface area (Å²) in [4.78, 5) is 31.5. The minimum absolute atomic E-state index is 0.0356. The van der Waals surface area contributed by atoms with Crippen molar-refractivity contribution in [2.75, 3.05) is 13.6 Å².